The maximum Gasteiger partial charge on any atom is 0.472 e. The van der Waals surface area contributed by atoms with Gasteiger partial charge >= 0.3 is 7.82 Å². The van der Waals surface area contributed by atoms with E-state index in [4.69, 9.17) is 20.3 Å². The number of aliphatic hydroxyl groups excluding tert-OH is 2. The average molecular weight is 243 g/mol. The topological polar surface area (TPSA) is 142 Å². The van der Waals surface area contributed by atoms with Gasteiger partial charge in [0.15, 0.2) is 6.29 Å². The molecule has 1 saturated heterocycles. The van der Waals surface area contributed by atoms with Gasteiger partial charge in [0.25, 0.3) is 0 Å². The number of aliphatic hydroxyl groups is 2. The molecule has 1 rings (SSSR count). The van der Waals surface area contributed by atoms with Crippen molar-refractivity contribution in [2.24, 2.45) is 5.73 Å². The van der Waals surface area contributed by atoms with E-state index in [0.29, 0.717) is 0 Å². The maximum absolute atomic E-state index is 10.5. The van der Waals surface area contributed by atoms with E-state index in [9.17, 15) is 14.8 Å². The highest BCUT2D eigenvalue weighted by Gasteiger charge is 2.43. The number of hydrogen-bond acceptors (Lipinski definition) is 6. The number of ether oxygens (including phenoxy) is 1. The second kappa shape index (κ2) is 4.44. The van der Waals surface area contributed by atoms with E-state index in [0.717, 1.165) is 0 Å². The molecule has 8 nitrogen and oxygen atoms in total. The van der Waals surface area contributed by atoms with Crippen LogP contribution in [0.5, 0.6) is 0 Å². The Morgan fingerprint density at radius 2 is 1.87 bits per heavy atom. The molecule has 0 spiro atoms. The third kappa shape index (κ3) is 3.20. The molecule has 0 aliphatic carbocycles. The molecule has 0 amide bonds. The largest absolute Gasteiger partial charge is 0.472 e. The summed E-state index contributed by atoms with van der Waals surface area (Å²) in [6.07, 6.45) is -4.93. The Hall–Kier alpha value is -0.0500. The van der Waals surface area contributed by atoms with Crippen LogP contribution < -0.4 is 5.73 Å². The number of rotatable bonds is 2. The van der Waals surface area contributed by atoms with Crippen LogP contribution in [0, 0.1) is 0 Å². The van der Waals surface area contributed by atoms with Crippen LogP contribution in [0.1, 0.15) is 6.92 Å². The molecule has 0 aromatic rings. The highest BCUT2D eigenvalue weighted by Crippen LogP contribution is 2.40. The van der Waals surface area contributed by atoms with Crippen molar-refractivity contribution in [1.82, 2.24) is 0 Å². The van der Waals surface area contributed by atoms with Gasteiger partial charge in [0.1, 0.15) is 6.10 Å². The lowest BCUT2D eigenvalue weighted by Gasteiger charge is -2.39. The third-order valence-electron chi connectivity index (χ3n) is 2.14. The van der Waals surface area contributed by atoms with Crippen LogP contribution in [0.3, 0.4) is 0 Å². The molecule has 1 aliphatic rings. The van der Waals surface area contributed by atoms with Gasteiger partial charge in [-0.15, -0.1) is 0 Å². The molecule has 0 aromatic carbocycles. The van der Waals surface area contributed by atoms with Gasteiger partial charge in [-0.05, 0) is 6.92 Å². The fourth-order valence-electron chi connectivity index (χ4n) is 1.29. The Balaban J connectivity index is 2.71. The van der Waals surface area contributed by atoms with Crippen LogP contribution in [0.4, 0.5) is 0 Å². The first-order valence-electron chi connectivity index (χ1n) is 4.23. The lowest BCUT2D eigenvalue weighted by Crippen LogP contribution is -2.60. The smallest absolute Gasteiger partial charge is 0.389 e. The molecule has 1 fully saturated rings. The van der Waals surface area contributed by atoms with Crippen molar-refractivity contribution in [2.45, 2.75) is 37.6 Å². The van der Waals surface area contributed by atoms with E-state index in [2.05, 4.69) is 4.52 Å². The Kier molecular flexibility index (Phi) is 3.85. The SMILES string of the molecule is C[C@H]1O[C@H](OP(=O)(O)O)[C@H](O)[C@@H](N)[C@@H]1O. The Bertz CT molecular complexity index is 268. The van der Waals surface area contributed by atoms with Crippen LogP contribution in [-0.2, 0) is 13.8 Å². The summed E-state index contributed by atoms with van der Waals surface area (Å²) in [7, 11) is -4.77. The van der Waals surface area contributed by atoms with E-state index < -0.39 is 38.5 Å². The molecule has 9 heteroatoms. The van der Waals surface area contributed by atoms with E-state index in [-0.39, 0.29) is 0 Å². The lowest BCUT2D eigenvalue weighted by atomic mass is 9.98. The minimum atomic E-state index is -4.77. The predicted octanol–water partition coefficient (Wildman–Crippen LogP) is -2.11. The normalized spacial score (nSPS) is 42.9. The van der Waals surface area contributed by atoms with Crippen LogP contribution in [0.25, 0.3) is 0 Å². The molecule has 6 N–H and O–H groups in total. The van der Waals surface area contributed by atoms with Crippen LogP contribution in [0.2, 0.25) is 0 Å². The van der Waals surface area contributed by atoms with Gasteiger partial charge in [-0.25, -0.2) is 4.57 Å². The molecule has 0 radical (unpaired) electrons. The molecule has 0 aromatic heterocycles. The summed E-state index contributed by atoms with van der Waals surface area (Å²) >= 11 is 0. The monoisotopic (exact) mass is 243 g/mol. The first-order chi connectivity index (χ1) is 6.72. The molecule has 0 unspecified atom stereocenters. The van der Waals surface area contributed by atoms with Crippen molar-refractivity contribution in [1.29, 1.82) is 0 Å². The van der Waals surface area contributed by atoms with Crippen molar-refractivity contribution < 1.29 is 33.8 Å². The van der Waals surface area contributed by atoms with Crippen molar-refractivity contribution in [3.63, 3.8) is 0 Å². The second-order valence-electron chi connectivity index (χ2n) is 3.36. The molecule has 1 heterocycles. The zero-order valence-corrected chi connectivity index (χ0v) is 8.82. The van der Waals surface area contributed by atoms with Gasteiger partial charge in [0.2, 0.25) is 0 Å². The van der Waals surface area contributed by atoms with E-state index >= 15 is 0 Å². The van der Waals surface area contributed by atoms with Gasteiger partial charge in [-0.1, -0.05) is 0 Å². The first kappa shape index (κ1) is 13.0. The highest BCUT2D eigenvalue weighted by molar-refractivity contribution is 7.46. The Morgan fingerprint density at radius 3 is 2.33 bits per heavy atom. The number of hydrogen-bond donors (Lipinski definition) is 5. The van der Waals surface area contributed by atoms with Crippen molar-refractivity contribution >= 4 is 7.82 Å². The minimum Gasteiger partial charge on any atom is -0.389 e. The zero-order chi connectivity index (χ0) is 11.8. The number of nitrogens with two attached hydrogens (primary N) is 1. The standard InChI is InChI=1S/C6H14NO7P/c1-2-4(8)3(7)5(9)6(13-2)14-15(10,11)12/h2-6,8-9H,7H2,1H3,(H2,10,11,12)/t2-,3+,4-,5-,6-/m1/s1. The summed E-state index contributed by atoms with van der Waals surface area (Å²) in [6.45, 7) is 1.45. The average Bonchev–Trinajstić information content (AvgIpc) is 2.08. The van der Waals surface area contributed by atoms with Gasteiger partial charge in [0, 0.05) is 0 Å². The molecule has 0 bridgehead atoms. The lowest BCUT2D eigenvalue weighted by molar-refractivity contribution is -0.240. The van der Waals surface area contributed by atoms with Gasteiger partial charge in [0.05, 0.1) is 18.2 Å². The summed E-state index contributed by atoms with van der Waals surface area (Å²) in [5.74, 6) is 0. The quantitative estimate of drug-likeness (QED) is 0.347. The van der Waals surface area contributed by atoms with Gasteiger partial charge < -0.3 is 30.5 Å². The van der Waals surface area contributed by atoms with E-state index in [1.54, 1.807) is 0 Å². The summed E-state index contributed by atoms with van der Waals surface area (Å²) in [6, 6.07) is -1.08. The molecule has 15 heavy (non-hydrogen) atoms. The minimum absolute atomic E-state index is 0.778. The Labute approximate surface area is 85.9 Å². The van der Waals surface area contributed by atoms with Crippen LogP contribution in [-0.4, -0.2) is 50.6 Å². The molecule has 90 valence electrons. The van der Waals surface area contributed by atoms with Gasteiger partial charge in [-0.3, -0.25) is 4.52 Å². The van der Waals surface area contributed by atoms with E-state index in [1.165, 1.54) is 6.92 Å². The Morgan fingerprint density at radius 1 is 1.33 bits per heavy atom. The summed E-state index contributed by atoms with van der Waals surface area (Å²) < 4.78 is 19.6. The predicted molar refractivity (Wildman–Crippen MR) is 47.5 cm³/mol. The first-order valence-corrected chi connectivity index (χ1v) is 5.76. The third-order valence-corrected chi connectivity index (χ3v) is 2.62. The zero-order valence-electron chi connectivity index (χ0n) is 7.92. The number of phosphoric acid groups is 1. The molecular weight excluding hydrogens is 229 g/mol. The summed E-state index contributed by atoms with van der Waals surface area (Å²) in [5, 5.41) is 18.8. The molecular formula is C6H14NO7P. The van der Waals surface area contributed by atoms with Crippen LogP contribution >= 0.6 is 7.82 Å². The van der Waals surface area contributed by atoms with Gasteiger partial charge in [-0.2, -0.15) is 0 Å². The van der Waals surface area contributed by atoms with Crippen molar-refractivity contribution in [3.8, 4) is 0 Å². The summed E-state index contributed by atoms with van der Waals surface area (Å²) in [4.78, 5) is 17.0. The number of phosphoric ester groups is 1. The maximum atomic E-state index is 10.5. The molecule has 5 atom stereocenters. The fraction of sp³-hybridized carbons (Fsp3) is 1.00. The highest BCUT2D eigenvalue weighted by atomic mass is 31.2. The van der Waals surface area contributed by atoms with Crippen molar-refractivity contribution in [3.05, 3.63) is 0 Å². The second-order valence-corrected chi connectivity index (χ2v) is 4.56. The van der Waals surface area contributed by atoms with E-state index in [1.807, 2.05) is 0 Å². The van der Waals surface area contributed by atoms with Crippen LogP contribution in [0.15, 0.2) is 0 Å². The summed E-state index contributed by atoms with van der Waals surface area (Å²) in [5.41, 5.74) is 5.41. The van der Waals surface area contributed by atoms with Crippen molar-refractivity contribution in [2.75, 3.05) is 0 Å². The fourth-order valence-corrected chi connectivity index (χ4v) is 1.74. The molecule has 0 saturated carbocycles. The molecule has 1 aliphatic heterocycles.